The molecular formula is C24H42O2. The maximum absolute atomic E-state index is 9.91. The highest BCUT2D eigenvalue weighted by Crippen LogP contribution is 2.35. The highest BCUT2D eigenvalue weighted by Gasteiger charge is 2.21. The molecule has 0 amide bonds. The van der Waals surface area contributed by atoms with Crippen molar-refractivity contribution < 1.29 is 10.2 Å². The minimum atomic E-state index is -0.515. The molecule has 2 fully saturated rings. The summed E-state index contributed by atoms with van der Waals surface area (Å²) in [5, 5.41) is 19.7. The molecule has 26 heavy (non-hydrogen) atoms. The van der Waals surface area contributed by atoms with Crippen LogP contribution in [0.1, 0.15) is 104 Å². The smallest absolute Gasteiger partial charge is 0.0591 e. The summed E-state index contributed by atoms with van der Waals surface area (Å²) < 4.78 is 0. The summed E-state index contributed by atoms with van der Waals surface area (Å²) in [5.74, 6) is 1.66. The maximum atomic E-state index is 9.91. The largest absolute Gasteiger partial charge is 0.393 e. The summed E-state index contributed by atoms with van der Waals surface area (Å²) in [4.78, 5) is 0. The first-order chi connectivity index (χ1) is 12.4. The van der Waals surface area contributed by atoms with Crippen LogP contribution >= 0.6 is 0 Å². The van der Waals surface area contributed by atoms with E-state index in [2.05, 4.69) is 19.1 Å². The molecule has 0 aromatic carbocycles. The lowest BCUT2D eigenvalue weighted by atomic mass is 9.78. The zero-order chi connectivity index (χ0) is 19.0. The minimum Gasteiger partial charge on any atom is -0.393 e. The van der Waals surface area contributed by atoms with E-state index in [1.54, 1.807) is 5.57 Å². The highest BCUT2D eigenvalue weighted by atomic mass is 16.3. The Labute approximate surface area is 161 Å². The summed E-state index contributed by atoms with van der Waals surface area (Å²) >= 11 is 0. The van der Waals surface area contributed by atoms with Gasteiger partial charge in [0, 0.05) is 0 Å². The molecule has 3 atom stereocenters. The highest BCUT2D eigenvalue weighted by molar-refractivity contribution is 5.20. The zero-order valence-electron chi connectivity index (χ0n) is 17.5. The fraction of sp³-hybridized carbons (Fsp3) is 0.833. The van der Waals surface area contributed by atoms with Crippen LogP contribution in [0.3, 0.4) is 0 Å². The van der Waals surface area contributed by atoms with Gasteiger partial charge in [0.05, 0.1) is 11.7 Å². The molecule has 150 valence electrons. The summed E-state index contributed by atoms with van der Waals surface area (Å²) in [5.41, 5.74) is 2.55. The molecule has 0 spiro atoms. The van der Waals surface area contributed by atoms with E-state index in [1.807, 2.05) is 13.8 Å². The summed E-state index contributed by atoms with van der Waals surface area (Å²) in [6.07, 6.45) is 20.0. The summed E-state index contributed by atoms with van der Waals surface area (Å²) in [6, 6.07) is 0. The van der Waals surface area contributed by atoms with Crippen LogP contribution in [0.15, 0.2) is 23.3 Å². The number of rotatable bonds is 8. The van der Waals surface area contributed by atoms with Crippen LogP contribution in [-0.2, 0) is 0 Å². The fourth-order valence-electron chi connectivity index (χ4n) is 4.79. The minimum absolute atomic E-state index is 0.110. The topological polar surface area (TPSA) is 40.5 Å². The van der Waals surface area contributed by atoms with Gasteiger partial charge in [0.2, 0.25) is 0 Å². The molecule has 2 N–H and O–H groups in total. The van der Waals surface area contributed by atoms with Crippen LogP contribution in [0.5, 0.6) is 0 Å². The van der Waals surface area contributed by atoms with Crippen LogP contribution in [0.2, 0.25) is 0 Å². The molecule has 2 unspecified atom stereocenters. The predicted molar refractivity (Wildman–Crippen MR) is 111 cm³/mol. The van der Waals surface area contributed by atoms with Crippen molar-refractivity contribution in [2.75, 3.05) is 0 Å². The van der Waals surface area contributed by atoms with Crippen molar-refractivity contribution in [1.29, 1.82) is 0 Å². The molecule has 0 saturated heterocycles. The Morgan fingerprint density at radius 3 is 2.35 bits per heavy atom. The van der Waals surface area contributed by atoms with E-state index in [-0.39, 0.29) is 6.10 Å². The third-order valence-electron chi connectivity index (χ3n) is 6.39. The number of allylic oxidation sites excluding steroid dienone is 3. The van der Waals surface area contributed by atoms with Gasteiger partial charge in [-0.1, -0.05) is 49.5 Å². The van der Waals surface area contributed by atoms with Gasteiger partial charge < -0.3 is 10.2 Å². The van der Waals surface area contributed by atoms with Crippen molar-refractivity contribution in [1.82, 2.24) is 0 Å². The maximum Gasteiger partial charge on any atom is 0.0591 e. The van der Waals surface area contributed by atoms with E-state index in [1.165, 1.54) is 56.9 Å². The molecular weight excluding hydrogens is 320 g/mol. The van der Waals surface area contributed by atoms with Crippen molar-refractivity contribution in [3.8, 4) is 0 Å². The van der Waals surface area contributed by atoms with Crippen LogP contribution in [0.25, 0.3) is 0 Å². The Morgan fingerprint density at radius 1 is 1.08 bits per heavy atom. The van der Waals surface area contributed by atoms with Gasteiger partial charge in [0.25, 0.3) is 0 Å². The average molecular weight is 363 g/mol. The molecule has 2 saturated carbocycles. The third-order valence-corrected chi connectivity index (χ3v) is 6.39. The molecule has 2 rings (SSSR count). The Kier molecular flexibility index (Phi) is 8.90. The normalized spacial score (nSPS) is 29.3. The molecule has 2 aliphatic rings. The average Bonchev–Trinajstić information content (AvgIpc) is 2.58. The Bertz CT molecular complexity index is 469. The molecule has 0 bridgehead atoms. The predicted octanol–water partition coefficient (Wildman–Crippen LogP) is 6.32. The second kappa shape index (κ2) is 10.7. The van der Waals surface area contributed by atoms with E-state index < -0.39 is 5.60 Å². The lowest BCUT2D eigenvalue weighted by Gasteiger charge is -2.28. The number of hydrogen-bond donors (Lipinski definition) is 2. The summed E-state index contributed by atoms with van der Waals surface area (Å²) in [6.45, 7) is 6.17. The molecule has 0 aliphatic heterocycles. The second-order valence-electron chi connectivity index (χ2n) is 9.58. The molecule has 2 aliphatic carbocycles. The van der Waals surface area contributed by atoms with Crippen LogP contribution in [0, 0.1) is 11.8 Å². The monoisotopic (exact) mass is 362 g/mol. The van der Waals surface area contributed by atoms with Crippen molar-refractivity contribution >= 4 is 0 Å². The van der Waals surface area contributed by atoms with Gasteiger partial charge in [0.1, 0.15) is 0 Å². The van der Waals surface area contributed by atoms with Crippen LogP contribution < -0.4 is 0 Å². The van der Waals surface area contributed by atoms with E-state index in [9.17, 15) is 10.2 Å². The molecule has 2 nitrogen and oxygen atoms in total. The van der Waals surface area contributed by atoms with Crippen molar-refractivity contribution in [2.45, 2.75) is 116 Å². The van der Waals surface area contributed by atoms with Crippen molar-refractivity contribution in [3.05, 3.63) is 23.3 Å². The first-order valence-electron chi connectivity index (χ1n) is 11.1. The van der Waals surface area contributed by atoms with Gasteiger partial charge in [-0.15, -0.1) is 0 Å². The van der Waals surface area contributed by atoms with Gasteiger partial charge in [-0.2, -0.15) is 0 Å². The van der Waals surface area contributed by atoms with Gasteiger partial charge in [-0.05, 0) is 89.9 Å². The van der Waals surface area contributed by atoms with E-state index in [4.69, 9.17) is 0 Å². The SMILES string of the molecule is CCC(CCCC(C)(C)O)C[C@@H]1CCC/C(=C/C=C2\CCCC(O)C2)C1. The number of aliphatic hydroxyl groups is 2. The number of hydrogen-bond acceptors (Lipinski definition) is 2. The third kappa shape index (κ3) is 8.39. The van der Waals surface area contributed by atoms with Gasteiger partial charge >= 0.3 is 0 Å². The first-order valence-corrected chi connectivity index (χ1v) is 11.1. The zero-order valence-corrected chi connectivity index (χ0v) is 17.5. The van der Waals surface area contributed by atoms with Crippen molar-refractivity contribution in [3.63, 3.8) is 0 Å². The van der Waals surface area contributed by atoms with Gasteiger partial charge in [-0.25, -0.2) is 0 Å². The standard InChI is InChI=1S/C24H42O2/c1-4-19(11-7-15-24(2,3)26)16-22-10-5-8-20(17-22)13-14-21-9-6-12-23(25)18-21/h13-14,19,22-23,25-26H,4-12,15-18H2,1-3H3/b20-13-,21-14+/t19?,22-,23?/m0/s1. The molecule has 0 heterocycles. The lowest BCUT2D eigenvalue weighted by Crippen LogP contribution is -2.19. The van der Waals surface area contributed by atoms with E-state index >= 15 is 0 Å². The van der Waals surface area contributed by atoms with E-state index in [0.29, 0.717) is 0 Å². The summed E-state index contributed by atoms with van der Waals surface area (Å²) in [7, 11) is 0. The molecule has 0 aromatic rings. The molecule has 2 heteroatoms. The Hall–Kier alpha value is -0.600. The second-order valence-corrected chi connectivity index (χ2v) is 9.58. The quantitative estimate of drug-likeness (QED) is 0.530. The number of aliphatic hydroxyl groups excluding tert-OH is 1. The molecule has 0 aromatic heterocycles. The fourth-order valence-corrected chi connectivity index (χ4v) is 4.79. The van der Waals surface area contributed by atoms with Crippen LogP contribution in [-0.4, -0.2) is 21.9 Å². The Morgan fingerprint density at radius 2 is 1.73 bits per heavy atom. The Balaban J connectivity index is 1.80. The van der Waals surface area contributed by atoms with Crippen LogP contribution in [0.4, 0.5) is 0 Å². The van der Waals surface area contributed by atoms with Gasteiger partial charge in [-0.3, -0.25) is 0 Å². The lowest BCUT2D eigenvalue weighted by molar-refractivity contribution is 0.0662. The van der Waals surface area contributed by atoms with E-state index in [0.717, 1.165) is 43.9 Å². The van der Waals surface area contributed by atoms with Crippen molar-refractivity contribution in [2.24, 2.45) is 11.8 Å². The molecule has 0 radical (unpaired) electrons. The first kappa shape index (κ1) is 21.7. The van der Waals surface area contributed by atoms with Gasteiger partial charge in [0.15, 0.2) is 0 Å².